The molecule has 1 heterocycles. The van der Waals surface area contributed by atoms with Crippen LogP contribution >= 0.6 is 11.6 Å². The molecule has 1 N–H and O–H groups in total. The van der Waals surface area contributed by atoms with Crippen LogP contribution in [0.3, 0.4) is 0 Å². The Balaban J connectivity index is 2.94. The number of nitrogens with one attached hydrogen (secondary N) is 1. The minimum atomic E-state index is -0.297. The van der Waals surface area contributed by atoms with Gasteiger partial charge < -0.3 is 0 Å². The molecule has 0 fully saturated rings. The summed E-state index contributed by atoms with van der Waals surface area (Å²) in [7, 11) is 0. The zero-order valence-corrected chi connectivity index (χ0v) is 7.11. The Morgan fingerprint density at radius 3 is 3.08 bits per heavy atom. The molecule has 0 radical (unpaired) electrons. The van der Waals surface area contributed by atoms with Crippen molar-refractivity contribution in [3.05, 3.63) is 28.7 Å². The van der Waals surface area contributed by atoms with Crippen LogP contribution < -0.4 is 0 Å². The fourth-order valence-corrected chi connectivity index (χ4v) is 1.36. The van der Waals surface area contributed by atoms with E-state index in [0.29, 0.717) is 21.5 Å². The molecule has 0 unspecified atom stereocenters. The van der Waals surface area contributed by atoms with Crippen LogP contribution in [0.2, 0.25) is 5.02 Å². The Bertz CT molecular complexity index is 436. The highest BCUT2D eigenvalue weighted by Crippen LogP contribution is 2.26. The number of aromatic amines is 1. The number of nitrogens with zero attached hydrogens (tertiary/aromatic N) is 1. The second-order valence-corrected chi connectivity index (χ2v) is 3.01. The van der Waals surface area contributed by atoms with Crippen LogP contribution in [0.1, 0.15) is 5.56 Å². The van der Waals surface area contributed by atoms with Crippen molar-refractivity contribution in [3.8, 4) is 0 Å². The molecule has 0 atom stereocenters. The summed E-state index contributed by atoms with van der Waals surface area (Å²) in [5.41, 5.74) is 1.14. The van der Waals surface area contributed by atoms with E-state index in [1.54, 1.807) is 13.1 Å². The van der Waals surface area contributed by atoms with E-state index in [1.165, 1.54) is 6.07 Å². The van der Waals surface area contributed by atoms with Crippen LogP contribution in [0, 0.1) is 12.7 Å². The maximum absolute atomic E-state index is 13.1. The fourth-order valence-electron chi connectivity index (χ4n) is 1.12. The van der Waals surface area contributed by atoms with E-state index >= 15 is 0 Å². The van der Waals surface area contributed by atoms with Gasteiger partial charge in [-0.05, 0) is 13.0 Å². The summed E-state index contributed by atoms with van der Waals surface area (Å²) in [5, 5.41) is 7.58. The van der Waals surface area contributed by atoms with E-state index in [4.69, 9.17) is 11.6 Å². The molecule has 2 aromatic rings. The van der Waals surface area contributed by atoms with E-state index in [0.717, 1.165) is 0 Å². The number of fused-ring (bicyclic) bond motifs is 1. The number of halogens is 2. The molecule has 2 nitrogen and oxygen atoms in total. The van der Waals surface area contributed by atoms with Crippen molar-refractivity contribution in [1.29, 1.82) is 0 Å². The monoisotopic (exact) mass is 184 g/mol. The van der Waals surface area contributed by atoms with Crippen molar-refractivity contribution >= 4 is 22.5 Å². The normalized spacial score (nSPS) is 10.9. The summed E-state index contributed by atoms with van der Waals surface area (Å²) in [4.78, 5) is 0. The molecule has 0 aliphatic heterocycles. The number of hydrogen-bond acceptors (Lipinski definition) is 1. The average Bonchev–Trinajstić information content (AvgIpc) is 2.48. The van der Waals surface area contributed by atoms with Gasteiger partial charge in [0.2, 0.25) is 0 Å². The van der Waals surface area contributed by atoms with Gasteiger partial charge in [-0.25, -0.2) is 4.39 Å². The first-order chi connectivity index (χ1) is 5.70. The molecule has 0 amide bonds. The van der Waals surface area contributed by atoms with Crippen molar-refractivity contribution in [2.45, 2.75) is 6.92 Å². The Kier molecular flexibility index (Phi) is 1.54. The van der Waals surface area contributed by atoms with Gasteiger partial charge in [0.05, 0.1) is 16.7 Å². The van der Waals surface area contributed by atoms with E-state index in [2.05, 4.69) is 10.2 Å². The first kappa shape index (κ1) is 7.55. The molecule has 1 aromatic carbocycles. The van der Waals surface area contributed by atoms with Crippen LogP contribution in [0.25, 0.3) is 10.9 Å². The Labute approximate surface area is 73.3 Å². The summed E-state index contributed by atoms with van der Waals surface area (Å²) >= 11 is 5.86. The third kappa shape index (κ3) is 0.898. The molecule has 0 aliphatic rings. The Morgan fingerprint density at radius 1 is 1.58 bits per heavy atom. The first-order valence-corrected chi connectivity index (χ1v) is 3.85. The molecule has 1 aromatic heterocycles. The number of rotatable bonds is 0. The minimum absolute atomic E-state index is 0.297. The van der Waals surface area contributed by atoms with Gasteiger partial charge in [-0.15, -0.1) is 0 Å². The summed E-state index contributed by atoms with van der Waals surface area (Å²) in [5.74, 6) is -0.297. The van der Waals surface area contributed by atoms with Crippen LogP contribution in [0.4, 0.5) is 4.39 Å². The van der Waals surface area contributed by atoms with E-state index in [9.17, 15) is 4.39 Å². The highest BCUT2D eigenvalue weighted by Gasteiger charge is 2.08. The molecule has 0 bridgehead atoms. The van der Waals surface area contributed by atoms with Gasteiger partial charge in [-0.2, -0.15) is 5.10 Å². The molecule has 62 valence electrons. The summed E-state index contributed by atoms with van der Waals surface area (Å²) in [6, 6.07) is 1.42. The maximum Gasteiger partial charge on any atom is 0.128 e. The molecule has 0 aliphatic carbocycles. The maximum atomic E-state index is 13.1. The second-order valence-electron chi connectivity index (χ2n) is 2.63. The third-order valence-corrected chi connectivity index (χ3v) is 2.33. The lowest BCUT2D eigenvalue weighted by molar-refractivity contribution is 0.620. The molecular formula is C8H6ClFN2. The summed E-state index contributed by atoms with van der Waals surface area (Å²) in [6.45, 7) is 1.64. The van der Waals surface area contributed by atoms with Crippen LogP contribution in [-0.2, 0) is 0 Å². The molecule has 0 saturated carbocycles. The molecule has 4 heteroatoms. The zero-order chi connectivity index (χ0) is 8.72. The van der Waals surface area contributed by atoms with Crippen LogP contribution in [-0.4, -0.2) is 10.2 Å². The fraction of sp³-hybridized carbons (Fsp3) is 0.125. The molecular weight excluding hydrogens is 179 g/mol. The van der Waals surface area contributed by atoms with Gasteiger partial charge in [-0.3, -0.25) is 5.10 Å². The first-order valence-electron chi connectivity index (χ1n) is 3.48. The highest BCUT2D eigenvalue weighted by atomic mass is 35.5. The zero-order valence-electron chi connectivity index (χ0n) is 6.36. The van der Waals surface area contributed by atoms with Gasteiger partial charge in [-0.1, -0.05) is 11.6 Å². The Hall–Kier alpha value is -1.09. The predicted molar refractivity (Wildman–Crippen MR) is 45.8 cm³/mol. The summed E-state index contributed by atoms with van der Waals surface area (Å²) in [6.07, 6.45) is 1.55. The van der Waals surface area contributed by atoms with Gasteiger partial charge >= 0.3 is 0 Å². The van der Waals surface area contributed by atoms with Crippen molar-refractivity contribution in [1.82, 2.24) is 10.2 Å². The van der Waals surface area contributed by atoms with Crippen LogP contribution in [0.5, 0.6) is 0 Å². The van der Waals surface area contributed by atoms with Crippen molar-refractivity contribution in [2.75, 3.05) is 0 Å². The van der Waals surface area contributed by atoms with Crippen molar-refractivity contribution < 1.29 is 4.39 Å². The van der Waals surface area contributed by atoms with Gasteiger partial charge in [0, 0.05) is 10.9 Å². The summed E-state index contributed by atoms with van der Waals surface area (Å²) < 4.78 is 13.1. The standard InChI is InChI=1S/C8H6ClFN2/c1-4-6(10)2-5-3-11-12-8(5)7(4)9/h2-3H,1H3,(H,11,12). The highest BCUT2D eigenvalue weighted by molar-refractivity contribution is 6.35. The number of aromatic nitrogens is 2. The lowest BCUT2D eigenvalue weighted by Gasteiger charge is -1.99. The van der Waals surface area contributed by atoms with E-state index in [-0.39, 0.29) is 5.82 Å². The molecule has 12 heavy (non-hydrogen) atoms. The van der Waals surface area contributed by atoms with Crippen molar-refractivity contribution in [2.24, 2.45) is 0 Å². The minimum Gasteiger partial charge on any atom is -0.276 e. The molecule has 0 saturated heterocycles. The number of H-pyrrole nitrogens is 1. The quantitative estimate of drug-likeness (QED) is 0.670. The molecule has 0 spiro atoms. The number of hydrogen-bond donors (Lipinski definition) is 1. The predicted octanol–water partition coefficient (Wildman–Crippen LogP) is 2.66. The smallest absolute Gasteiger partial charge is 0.128 e. The second kappa shape index (κ2) is 2.45. The van der Waals surface area contributed by atoms with Gasteiger partial charge in [0.25, 0.3) is 0 Å². The van der Waals surface area contributed by atoms with Gasteiger partial charge in [0.1, 0.15) is 5.82 Å². The Morgan fingerprint density at radius 2 is 2.33 bits per heavy atom. The SMILES string of the molecule is Cc1c(F)cc2cn[nH]c2c1Cl. The van der Waals surface area contributed by atoms with E-state index < -0.39 is 0 Å². The lowest BCUT2D eigenvalue weighted by atomic mass is 10.2. The third-order valence-electron chi connectivity index (χ3n) is 1.86. The van der Waals surface area contributed by atoms with Crippen LogP contribution in [0.15, 0.2) is 12.3 Å². The molecule has 2 rings (SSSR count). The van der Waals surface area contributed by atoms with E-state index in [1.807, 2.05) is 0 Å². The largest absolute Gasteiger partial charge is 0.276 e. The topological polar surface area (TPSA) is 28.7 Å². The average molecular weight is 185 g/mol. The van der Waals surface area contributed by atoms with Crippen molar-refractivity contribution in [3.63, 3.8) is 0 Å². The lowest BCUT2D eigenvalue weighted by Crippen LogP contribution is -1.84. The number of benzene rings is 1. The van der Waals surface area contributed by atoms with Gasteiger partial charge in [0.15, 0.2) is 0 Å².